The van der Waals surface area contributed by atoms with E-state index in [0.29, 0.717) is 18.2 Å². The predicted octanol–water partition coefficient (Wildman–Crippen LogP) is 6.19. The van der Waals surface area contributed by atoms with E-state index in [0.717, 1.165) is 49.5 Å². The van der Waals surface area contributed by atoms with Crippen LogP contribution in [0.1, 0.15) is 52.7 Å². The summed E-state index contributed by atoms with van der Waals surface area (Å²) in [5.41, 5.74) is 11.1. The number of oxazole rings is 1. The molecule has 9 heteroatoms. The Bertz CT molecular complexity index is 1560. The number of nitrogens with two attached hydrogens (primary N) is 1. The minimum Gasteiger partial charge on any atom is -0.423 e. The zero-order valence-electron chi connectivity index (χ0n) is 22.6. The molecule has 0 bridgehead atoms. The van der Waals surface area contributed by atoms with Gasteiger partial charge in [-0.1, -0.05) is 26.8 Å². The lowest BCUT2D eigenvalue weighted by Gasteiger charge is -2.35. The van der Waals surface area contributed by atoms with Crippen LogP contribution in [0.25, 0.3) is 43.1 Å². The second kappa shape index (κ2) is 9.01. The average molecular weight is 521 g/mol. The quantitative estimate of drug-likeness (QED) is 0.203. The fraction of sp³-hybridized carbons (Fsp3) is 0.429. The Balaban J connectivity index is 1.56. The third-order valence-corrected chi connectivity index (χ3v) is 8.27. The fourth-order valence-corrected chi connectivity index (χ4v) is 5.88. The van der Waals surface area contributed by atoms with Crippen molar-refractivity contribution in [2.75, 3.05) is 12.8 Å². The number of nitrogen functional groups attached to an aromatic ring is 1. The molecular weight excluding hydrogens is 484 g/mol. The lowest BCUT2D eigenvalue weighted by atomic mass is 9.87. The number of hydrogen-bond acceptors (Lipinski definition) is 7. The Hall–Kier alpha value is -3.14. The lowest BCUT2D eigenvalue weighted by Crippen LogP contribution is -2.38. The van der Waals surface area contributed by atoms with Crippen molar-refractivity contribution < 1.29 is 9.52 Å². The summed E-state index contributed by atoms with van der Waals surface area (Å²) in [5.74, 6) is 0.639. The molecule has 0 aliphatic rings. The van der Waals surface area contributed by atoms with E-state index in [1.165, 1.54) is 5.56 Å². The first kappa shape index (κ1) is 25.5. The third-order valence-electron chi connectivity index (χ3n) is 7.11. The van der Waals surface area contributed by atoms with E-state index in [4.69, 9.17) is 10.2 Å². The van der Waals surface area contributed by atoms with E-state index < -0.39 is 5.60 Å². The van der Waals surface area contributed by atoms with E-state index in [2.05, 4.69) is 78.0 Å². The van der Waals surface area contributed by atoms with Crippen LogP contribution >= 0.6 is 11.3 Å². The summed E-state index contributed by atoms with van der Waals surface area (Å²) in [5, 5.41) is 19.5. The van der Waals surface area contributed by atoms with Crippen LogP contribution in [-0.2, 0) is 13.0 Å². The second-order valence-electron chi connectivity index (χ2n) is 11.8. The van der Waals surface area contributed by atoms with Crippen molar-refractivity contribution in [1.82, 2.24) is 25.1 Å². The molecule has 0 spiro atoms. The van der Waals surface area contributed by atoms with Gasteiger partial charge in [0, 0.05) is 29.9 Å². The summed E-state index contributed by atoms with van der Waals surface area (Å²) in [6.07, 6.45) is 2.19. The molecule has 8 nitrogen and oxygen atoms in total. The van der Waals surface area contributed by atoms with E-state index in [9.17, 15) is 5.11 Å². The zero-order chi connectivity index (χ0) is 26.7. The van der Waals surface area contributed by atoms with Crippen LogP contribution in [0.15, 0.2) is 34.9 Å². The van der Waals surface area contributed by atoms with Crippen molar-refractivity contribution in [2.24, 2.45) is 5.41 Å². The molecule has 0 aliphatic heterocycles. The standard InChI is InChI=1S/C28H36N6O2S/c1-15(27(2,3)4)34(7)14-16-8-17(12-28(5,6)35)18-10-20(31-19(18)9-16)24-25-21(32-33-24)11-23(37-25)22-13-30-26(29)36-22/h8-11,13,15,31,35H,12,14H2,1-7H3,(H2,29,30)(H,32,33). The molecule has 1 atom stereocenters. The number of aromatic nitrogens is 4. The third kappa shape index (κ3) is 5.16. The first-order valence-electron chi connectivity index (χ1n) is 12.6. The van der Waals surface area contributed by atoms with Gasteiger partial charge in [-0.25, -0.2) is 4.98 Å². The second-order valence-corrected chi connectivity index (χ2v) is 12.9. The van der Waals surface area contributed by atoms with Crippen molar-refractivity contribution in [3.05, 3.63) is 41.6 Å². The number of nitrogens with zero attached hydrogens (tertiary/aromatic N) is 3. The van der Waals surface area contributed by atoms with Gasteiger partial charge in [-0.3, -0.25) is 10.00 Å². The van der Waals surface area contributed by atoms with Crippen molar-refractivity contribution >= 4 is 38.5 Å². The molecule has 0 saturated heterocycles. The highest BCUT2D eigenvalue weighted by atomic mass is 32.1. The number of aromatic amines is 2. The van der Waals surface area contributed by atoms with Gasteiger partial charge < -0.3 is 20.2 Å². The Morgan fingerprint density at radius 3 is 2.54 bits per heavy atom. The average Bonchev–Trinajstić information content (AvgIpc) is 3.53. The van der Waals surface area contributed by atoms with Crippen molar-refractivity contribution in [2.45, 2.75) is 66.2 Å². The molecule has 0 amide bonds. The number of hydrogen-bond donors (Lipinski definition) is 4. The molecule has 1 unspecified atom stereocenters. The number of nitrogens with one attached hydrogen (secondary N) is 2. The smallest absolute Gasteiger partial charge is 0.292 e. The van der Waals surface area contributed by atoms with Gasteiger partial charge in [-0.2, -0.15) is 5.10 Å². The number of fused-ring (bicyclic) bond motifs is 2. The Kier molecular flexibility index (Phi) is 6.21. The highest BCUT2D eigenvalue weighted by Gasteiger charge is 2.25. The van der Waals surface area contributed by atoms with Crippen LogP contribution in [0.4, 0.5) is 6.01 Å². The maximum atomic E-state index is 10.7. The fourth-order valence-electron chi connectivity index (χ4n) is 4.82. The minimum absolute atomic E-state index is 0.152. The van der Waals surface area contributed by atoms with E-state index >= 15 is 0 Å². The maximum absolute atomic E-state index is 10.7. The summed E-state index contributed by atoms with van der Waals surface area (Å²) in [4.78, 5) is 10.9. The van der Waals surface area contributed by atoms with Crippen LogP contribution in [0.3, 0.4) is 0 Å². The predicted molar refractivity (Wildman–Crippen MR) is 152 cm³/mol. The molecular formula is C28H36N6O2S. The molecule has 0 saturated carbocycles. The molecule has 37 heavy (non-hydrogen) atoms. The van der Waals surface area contributed by atoms with Gasteiger partial charge in [0.2, 0.25) is 0 Å². The van der Waals surface area contributed by atoms with Gasteiger partial charge in [0.15, 0.2) is 5.76 Å². The number of benzene rings is 1. The normalized spacial score (nSPS) is 13.9. The van der Waals surface area contributed by atoms with E-state index in [1.807, 2.05) is 19.9 Å². The highest BCUT2D eigenvalue weighted by molar-refractivity contribution is 7.22. The van der Waals surface area contributed by atoms with E-state index in [-0.39, 0.29) is 11.4 Å². The molecule has 5 aromatic rings. The van der Waals surface area contributed by atoms with Crippen LogP contribution in [0, 0.1) is 5.41 Å². The summed E-state index contributed by atoms with van der Waals surface area (Å²) in [6, 6.07) is 9.16. The number of H-pyrrole nitrogens is 2. The maximum Gasteiger partial charge on any atom is 0.292 e. The van der Waals surface area contributed by atoms with Crippen molar-refractivity contribution in [3.63, 3.8) is 0 Å². The first-order valence-corrected chi connectivity index (χ1v) is 13.4. The summed E-state index contributed by atoms with van der Waals surface area (Å²) < 4.78 is 6.54. The lowest BCUT2D eigenvalue weighted by molar-refractivity contribution is 0.0813. The summed E-state index contributed by atoms with van der Waals surface area (Å²) in [6.45, 7) is 13.6. The van der Waals surface area contributed by atoms with Gasteiger partial charge >= 0.3 is 0 Å². The van der Waals surface area contributed by atoms with Gasteiger partial charge in [-0.15, -0.1) is 11.3 Å². The molecule has 0 radical (unpaired) electrons. The Morgan fingerprint density at radius 1 is 1.14 bits per heavy atom. The molecule has 5 rings (SSSR count). The minimum atomic E-state index is -0.825. The van der Waals surface area contributed by atoms with Crippen molar-refractivity contribution in [3.8, 4) is 22.0 Å². The zero-order valence-corrected chi connectivity index (χ0v) is 23.4. The molecule has 1 aromatic carbocycles. The Morgan fingerprint density at radius 2 is 1.89 bits per heavy atom. The number of rotatable bonds is 7. The molecule has 0 aliphatic carbocycles. The monoisotopic (exact) mass is 520 g/mol. The summed E-state index contributed by atoms with van der Waals surface area (Å²) in [7, 11) is 2.17. The van der Waals surface area contributed by atoms with Crippen LogP contribution in [0.2, 0.25) is 0 Å². The molecule has 4 aromatic heterocycles. The van der Waals surface area contributed by atoms with Crippen LogP contribution < -0.4 is 5.73 Å². The number of anilines is 1. The largest absolute Gasteiger partial charge is 0.423 e. The number of aliphatic hydroxyl groups is 1. The van der Waals surface area contributed by atoms with Crippen LogP contribution in [-0.4, -0.2) is 48.9 Å². The molecule has 4 heterocycles. The Labute approximate surface area is 220 Å². The van der Waals surface area contributed by atoms with Crippen molar-refractivity contribution in [1.29, 1.82) is 0 Å². The number of thiophene rings is 1. The van der Waals surface area contributed by atoms with Crippen LogP contribution in [0.5, 0.6) is 0 Å². The topological polar surface area (TPSA) is 120 Å². The van der Waals surface area contributed by atoms with Gasteiger partial charge in [0.25, 0.3) is 6.01 Å². The molecule has 5 N–H and O–H groups in total. The first-order chi connectivity index (χ1) is 17.3. The van der Waals surface area contributed by atoms with Gasteiger partial charge in [0.05, 0.1) is 32.6 Å². The highest BCUT2D eigenvalue weighted by Crippen LogP contribution is 2.39. The SMILES string of the molecule is CC(N(C)Cc1cc(CC(C)(C)O)c2cc(-c3n[nH]c4cc(-c5cnc(N)o5)sc34)[nH]c2c1)C(C)(C)C. The van der Waals surface area contributed by atoms with Gasteiger partial charge in [0.1, 0.15) is 5.69 Å². The molecule has 0 fully saturated rings. The van der Waals surface area contributed by atoms with E-state index in [1.54, 1.807) is 17.5 Å². The summed E-state index contributed by atoms with van der Waals surface area (Å²) >= 11 is 1.58. The molecule has 196 valence electrons. The van der Waals surface area contributed by atoms with Gasteiger partial charge in [-0.05, 0) is 62.6 Å².